The highest BCUT2D eigenvalue weighted by atomic mass is 32.2. The standard InChI is InChI=1S/C9H18N2O2S/c1-8(2)11(7-5-6-10)14(12,13)9(3)4/h8-9H,5,7H2,1-4H3. The Balaban J connectivity index is 4.76. The van der Waals surface area contributed by atoms with Gasteiger partial charge in [0.2, 0.25) is 10.0 Å². The monoisotopic (exact) mass is 218 g/mol. The zero-order chi connectivity index (χ0) is 11.4. The lowest BCUT2D eigenvalue weighted by molar-refractivity contribution is 0.356. The van der Waals surface area contributed by atoms with Crippen LogP contribution >= 0.6 is 0 Å². The Hall–Kier alpha value is -0.600. The largest absolute Gasteiger partial charge is 0.216 e. The van der Waals surface area contributed by atoms with Crippen molar-refractivity contribution < 1.29 is 8.42 Å². The molecule has 0 radical (unpaired) electrons. The second-order valence-corrected chi connectivity index (χ2v) is 6.15. The maximum Gasteiger partial charge on any atom is 0.216 e. The fourth-order valence-corrected chi connectivity index (χ4v) is 2.59. The van der Waals surface area contributed by atoms with E-state index >= 15 is 0 Å². The summed E-state index contributed by atoms with van der Waals surface area (Å²) in [6.45, 7) is 7.22. The van der Waals surface area contributed by atoms with Gasteiger partial charge < -0.3 is 0 Å². The first-order valence-electron chi connectivity index (χ1n) is 4.71. The molecule has 0 unspecified atom stereocenters. The minimum atomic E-state index is -3.23. The third-order valence-corrected chi connectivity index (χ3v) is 4.39. The van der Waals surface area contributed by atoms with Crippen LogP contribution in [-0.4, -0.2) is 30.6 Å². The molecule has 14 heavy (non-hydrogen) atoms. The molecule has 5 heteroatoms. The van der Waals surface area contributed by atoms with Crippen LogP contribution in [0.1, 0.15) is 34.1 Å². The first-order valence-corrected chi connectivity index (χ1v) is 6.22. The lowest BCUT2D eigenvalue weighted by Gasteiger charge is -2.26. The van der Waals surface area contributed by atoms with Gasteiger partial charge in [-0.3, -0.25) is 0 Å². The van der Waals surface area contributed by atoms with Crippen molar-refractivity contribution in [3.05, 3.63) is 0 Å². The lowest BCUT2D eigenvalue weighted by Crippen LogP contribution is -2.41. The van der Waals surface area contributed by atoms with Gasteiger partial charge in [0, 0.05) is 19.0 Å². The van der Waals surface area contributed by atoms with E-state index in [-0.39, 0.29) is 19.0 Å². The normalized spacial score (nSPS) is 12.4. The molecule has 0 aromatic carbocycles. The molecule has 82 valence electrons. The molecule has 0 spiro atoms. The fraction of sp³-hybridized carbons (Fsp3) is 0.889. The Morgan fingerprint density at radius 2 is 1.79 bits per heavy atom. The lowest BCUT2D eigenvalue weighted by atomic mass is 10.3. The van der Waals surface area contributed by atoms with Crippen molar-refractivity contribution in [1.29, 1.82) is 5.26 Å². The van der Waals surface area contributed by atoms with Gasteiger partial charge >= 0.3 is 0 Å². The van der Waals surface area contributed by atoms with E-state index in [0.29, 0.717) is 0 Å². The zero-order valence-electron chi connectivity index (χ0n) is 9.19. The highest BCUT2D eigenvalue weighted by molar-refractivity contribution is 7.89. The van der Waals surface area contributed by atoms with Crippen molar-refractivity contribution >= 4 is 10.0 Å². The predicted molar refractivity (Wildman–Crippen MR) is 56.1 cm³/mol. The Bertz CT molecular complexity index is 301. The van der Waals surface area contributed by atoms with Crippen molar-refractivity contribution in [1.82, 2.24) is 4.31 Å². The van der Waals surface area contributed by atoms with Crippen molar-refractivity contribution in [2.45, 2.75) is 45.4 Å². The molecule has 0 rings (SSSR count). The minimum absolute atomic E-state index is 0.0873. The van der Waals surface area contributed by atoms with Crippen LogP contribution in [0.3, 0.4) is 0 Å². The number of hydrogen-bond acceptors (Lipinski definition) is 3. The predicted octanol–water partition coefficient (Wildman–Crippen LogP) is 1.35. The van der Waals surface area contributed by atoms with Crippen LogP contribution in [0.5, 0.6) is 0 Å². The maximum absolute atomic E-state index is 11.8. The van der Waals surface area contributed by atoms with E-state index in [4.69, 9.17) is 5.26 Å². The molecule has 0 aliphatic rings. The van der Waals surface area contributed by atoms with E-state index in [9.17, 15) is 8.42 Å². The molecule has 0 aromatic rings. The Kier molecular flexibility index (Phi) is 5.09. The summed E-state index contributed by atoms with van der Waals surface area (Å²) in [6.07, 6.45) is 0.240. The third kappa shape index (κ3) is 3.28. The summed E-state index contributed by atoms with van der Waals surface area (Å²) in [7, 11) is -3.23. The van der Waals surface area contributed by atoms with Crippen LogP contribution < -0.4 is 0 Å². The smallest absolute Gasteiger partial charge is 0.212 e. The summed E-state index contributed by atoms with van der Waals surface area (Å²) in [5.41, 5.74) is 0. The van der Waals surface area contributed by atoms with Gasteiger partial charge in [-0.2, -0.15) is 9.57 Å². The number of nitrogens with zero attached hydrogens (tertiary/aromatic N) is 2. The summed E-state index contributed by atoms with van der Waals surface area (Å²) in [6, 6.07) is 1.87. The Morgan fingerprint density at radius 3 is 2.07 bits per heavy atom. The second-order valence-electron chi connectivity index (χ2n) is 3.71. The number of nitriles is 1. The molecule has 0 aliphatic carbocycles. The average molecular weight is 218 g/mol. The zero-order valence-corrected chi connectivity index (χ0v) is 10.0. The Labute approximate surface area is 86.6 Å². The molecule has 0 amide bonds. The van der Waals surface area contributed by atoms with Gasteiger partial charge in [0.05, 0.1) is 11.3 Å². The quantitative estimate of drug-likeness (QED) is 0.699. The van der Waals surface area contributed by atoms with Gasteiger partial charge in [-0.25, -0.2) is 8.42 Å². The van der Waals surface area contributed by atoms with Crippen LogP contribution in [0.15, 0.2) is 0 Å². The molecule has 4 nitrogen and oxygen atoms in total. The van der Waals surface area contributed by atoms with Crippen molar-refractivity contribution in [2.24, 2.45) is 0 Å². The molecule has 0 aliphatic heterocycles. The van der Waals surface area contributed by atoms with E-state index in [1.807, 2.05) is 19.9 Å². The van der Waals surface area contributed by atoms with Crippen LogP contribution in [0, 0.1) is 11.3 Å². The van der Waals surface area contributed by atoms with Crippen LogP contribution in [0.2, 0.25) is 0 Å². The topological polar surface area (TPSA) is 61.2 Å². The van der Waals surface area contributed by atoms with Crippen molar-refractivity contribution in [3.63, 3.8) is 0 Å². The van der Waals surface area contributed by atoms with Gasteiger partial charge in [-0.1, -0.05) is 0 Å². The molecule has 0 aromatic heterocycles. The van der Waals surface area contributed by atoms with Gasteiger partial charge in [0.25, 0.3) is 0 Å². The molecular weight excluding hydrogens is 200 g/mol. The van der Waals surface area contributed by atoms with Crippen LogP contribution in [-0.2, 0) is 10.0 Å². The van der Waals surface area contributed by atoms with Gasteiger partial charge in [-0.05, 0) is 27.7 Å². The van der Waals surface area contributed by atoms with E-state index in [1.165, 1.54) is 4.31 Å². The Morgan fingerprint density at radius 1 is 1.29 bits per heavy atom. The van der Waals surface area contributed by atoms with Gasteiger partial charge in [0.15, 0.2) is 0 Å². The highest BCUT2D eigenvalue weighted by Crippen LogP contribution is 2.12. The molecule has 0 saturated carbocycles. The highest BCUT2D eigenvalue weighted by Gasteiger charge is 2.27. The third-order valence-electron chi connectivity index (χ3n) is 1.94. The van der Waals surface area contributed by atoms with E-state index in [0.717, 1.165) is 0 Å². The first kappa shape index (κ1) is 13.4. The maximum atomic E-state index is 11.8. The minimum Gasteiger partial charge on any atom is -0.212 e. The number of hydrogen-bond donors (Lipinski definition) is 0. The molecule has 0 atom stereocenters. The summed E-state index contributed by atoms with van der Waals surface area (Å²) in [5.74, 6) is 0. The molecule has 0 bridgehead atoms. The molecule has 0 N–H and O–H groups in total. The first-order chi connectivity index (χ1) is 6.34. The van der Waals surface area contributed by atoms with Crippen LogP contribution in [0.4, 0.5) is 0 Å². The molecular formula is C9H18N2O2S. The van der Waals surface area contributed by atoms with E-state index < -0.39 is 15.3 Å². The average Bonchev–Trinajstić information content (AvgIpc) is 2.03. The van der Waals surface area contributed by atoms with E-state index in [1.54, 1.807) is 13.8 Å². The summed E-state index contributed by atoms with van der Waals surface area (Å²) < 4.78 is 25.0. The second kappa shape index (κ2) is 5.32. The van der Waals surface area contributed by atoms with Crippen molar-refractivity contribution in [3.8, 4) is 6.07 Å². The van der Waals surface area contributed by atoms with Gasteiger partial charge in [0.1, 0.15) is 0 Å². The van der Waals surface area contributed by atoms with Gasteiger partial charge in [-0.15, -0.1) is 0 Å². The fourth-order valence-electron chi connectivity index (χ4n) is 1.11. The number of rotatable bonds is 5. The SMILES string of the molecule is CC(C)N(CCC#N)S(=O)(=O)C(C)C. The van der Waals surface area contributed by atoms with Crippen molar-refractivity contribution in [2.75, 3.05) is 6.54 Å². The summed E-state index contributed by atoms with van der Waals surface area (Å²) >= 11 is 0. The molecule has 0 fully saturated rings. The molecule has 0 heterocycles. The van der Waals surface area contributed by atoms with E-state index in [2.05, 4.69) is 0 Å². The molecule has 0 saturated heterocycles. The number of sulfonamides is 1. The summed E-state index contributed by atoms with van der Waals surface area (Å²) in [5, 5.41) is 8.00. The van der Waals surface area contributed by atoms with Crippen LogP contribution in [0.25, 0.3) is 0 Å². The summed E-state index contributed by atoms with van der Waals surface area (Å²) in [4.78, 5) is 0.